The molecule has 10 heteroatoms. The van der Waals surface area contributed by atoms with Gasteiger partial charge in [-0.25, -0.2) is 17.5 Å². The fraction of sp³-hybridized carbons (Fsp3) is 0.350. The van der Waals surface area contributed by atoms with Gasteiger partial charge in [-0.2, -0.15) is 0 Å². The quantitative estimate of drug-likeness (QED) is 0.193. The zero-order chi connectivity index (χ0) is 21.3. The summed E-state index contributed by atoms with van der Waals surface area (Å²) in [5.41, 5.74) is 0.996. The Labute approximate surface area is 194 Å². The highest BCUT2D eigenvalue weighted by Gasteiger charge is 2.13. The van der Waals surface area contributed by atoms with E-state index >= 15 is 0 Å². The molecular weight excluding hydrogens is 522 g/mol. The van der Waals surface area contributed by atoms with Crippen molar-refractivity contribution in [3.8, 4) is 5.75 Å². The molecule has 0 amide bonds. The fourth-order valence-electron chi connectivity index (χ4n) is 2.44. The summed E-state index contributed by atoms with van der Waals surface area (Å²) >= 11 is 0. The Kier molecular flexibility index (Phi) is 11.1. The number of rotatable bonds is 9. The average molecular weight is 550 g/mol. The molecule has 0 fully saturated rings. The summed E-state index contributed by atoms with van der Waals surface area (Å²) in [4.78, 5) is 4.32. The summed E-state index contributed by atoms with van der Waals surface area (Å²) in [5.74, 6) is 0.607. The molecule has 0 radical (unpaired) electrons. The lowest BCUT2D eigenvalue weighted by molar-refractivity contribution is 0.223. The van der Waals surface area contributed by atoms with Crippen LogP contribution in [-0.4, -0.2) is 47.2 Å². The molecule has 2 rings (SSSR count). The standard InChI is InChI=1S/C20H27FN4O3S.HI/c1-15-7-9-19(10-8-15)29(26,27)25-12-11-23-20(22-3)24-14-16(2)28-18-6-4-5-17(21)13-18;/h4-10,13,16,25H,11-12,14H2,1-3H3,(H2,22,23,24);1H. The van der Waals surface area contributed by atoms with Crippen molar-refractivity contribution < 1.29 is 17.5 Å². The second-order valence-corrected chi connectivity index (χ2v) is 8.24. The largest absolute Gasteiger partial charge is 0.489 e. The molecule has 166 valence electrons. The van der Waals surface area contributed by atoms with E-state index in [-0.39, 0.29) is 47.3 Å². The van der Waals surface area contributed by atoms with E-state index in [1.165, 1.54) is 12.1 Å². The average Bonchev–Trinajstić information content (AvgIpc) is 2.67. The van der Waals surface area contributed by atoms with Crippen molar-refractivity contribution in [1.29, 1.82) is 0 Å². The zero-order valence-electron chi connectivity index (χ0n) is 17.2. The summed E-state index contributed by atoms with van der Waals surface area (Å²) in [6.45, 7) is 4.73. The van der Waals surface area contributed by atoms with Crippen LogP contribution >= 0.6 is 24.0 Å². The molecule has 1 atom stereocenters. The Bertz CT molecular complexity index is 924. The molecule has 0 saturated carbocycles. The fourth-order valence-corrected chi connectivity index (χ4v) is 3.47. The number of nitrogens with zero attached hydrogens (tertiary/aromatic N) is 1. The van der Waals surface area contributed by atoms with Gasteiger partial charge in [0.1, 0.15) is 17.7 Å². The van der Waals surface area contributed by atoms with E-state index in [0.717, 1.165) is 5.56 Å². The molecule has 2 aromatic carbocycles. The first-order valence-corrected chi connectivity index (χ1v) is 10.7. The first-order valence-electron chi connectivity index (χ1n) is 9.23. The maximum Gasteiger partial charge on any atom is 0.240 e. The molecule has 0 saturated heterocycles. The molecule has 0 aliphatic rings. The van der Waals surface area contributed by atoms with Gasteiger partial charge >= 0.3 is 0 Å². The molecule has 1 unspecified atom stereocenters. The normalized spacial score (nSPS) is 12.6. The van der Waals surface area contributed by atoms with Crippen LogP contribution in [0.1, 0.15) is 12.5 Å². The van der Waals surface area contributed by atoms with Crippen LogP contribution in [0.2, 0.25) is 0 Å². The number of nitrogens with one attached hydrogen (secondary N) is 3. The van der Waals surface area contributed by atoms with Crippen molar-refractivity contribution in [3.05, 3.63) is 59.9 Å². The van der Waals surface area contributed by atoms with Crippen LogP contribution in [0.15, 0.2) is 58.4 Å². The minimum Gasteiger partial charge on any atom is -0.489 e. The number of sulfonamides is 1. The van der Waals surface area contributed by atoms with Crippen molar-refractivity contribution in [1.82, 2.24) is 15.4 Å². The topological polar surface area (TPSA) is 91.8 Å². The number of aryl methyl sites for hydroxylation is 1. The molecule has 0 aliphatic carbocycles. The van der Waals surface area contributed by atoms with E-state index in [0.29, 0.717) is 24.8 Å². The Morgan fingerprint density at radius 1 is 1.13 bits per heavy atom. The van der Waals surface area contributed by atoms with Crippen molar-refractivity contribution in [2.75, 3.05) is 26.7 Å². The Balaban J connectivity index is 0.00000450. The molecular formula is C20H28FIN4O3S. The number of halogens is 2. The van der Waals surface area contributed by atoms with Crippen LogP contribution in [0.25, 0.3) is 0 Å². The van der Waals surface area contributed by atoms with Gasteiger partial charge in [0.25, 0.3) is 0 Å². The predicted octanol–water partition coefficient (Wildman–Crippen LogP) is 2.66. The summed E-state index contributed by atoms with van der Waals surface area (Å²) in [6.07, 6.45) is -0.226. The van der Waals surface area contributed by atoms with Gasteiger partial charge in [0.15, 0.2) is 5.96 Å². The van der Waals surface area contributed by atoms with Crippen LogP contribution in [0.5, 0.6) is 5.75 Å². The van der Waals surface area contributed by atoms with Gasteiger partial charge in [-0.15, -0.1) is 24.0 Å². The van der Waals surface area contributed by atoms with Crippen molar-refractivity contribution >= 4 is 40.0 Å². The van der Waals surface area contributed by atoms with E-state index < -0.39 is 10.0 Å². The Morgan fingerprint density at radius 3 is 2.47 bits per heavy atom. The monoisotopic (exact) mass is 550 g/mol. The highest BCUT2D eigenvalue weighted by Crippen LogP contribution is 2.13. The lowest BCUT2D eigenvalue weighted by Crippen LogP contribution is -2.44. The lowest BCUT2D eigenvalue weighted by Gasteiger charge is -2.18. The number of aliphatic imine (C=N–C) groups is 1. The molecule has 0 heterocycles. The first-order chi connectivity index (χ1) is 13.8. The SMILES string of the molecule is CN=C(NCCNS(=O)(=O)c1ccc(C)cc1)NCC(C)Oc1cccc(F)c1.I. The Hall–Kier alpha value is -1.92. The number of benzene rings is 2. The van der Waals surface area contributed by atoms with Crippen LogP contribution in [0.3, 0.4) is 0 Å². The third kappa shape index (κ3) is 8.84. The predicted molar refractivity (Wildman–Crippen MR) is 128 cm³/mol. The van der Waals surface area contributed by atoms with Gasteiger partial charge < -0.3 is 15.4 Å². The second kappa shape index (κ2) is 12.7. The number of hydrogen-bond acceptors (Lipinski definition) is 4. The van der Waals surface area contributed by atoms with E-state index in [1.54, 1.807) is 43.4 Å². The highest BCUT2D eigenvalue weighted by atomic mass is 127. The molecule has 0 spiro atoms. The third-order valence-electron chi connectivity index (χ3n) is 3.95. The molecule has 30 heavy (non-hydrogen) atoms. The molecule has 0 aliphatic heterocycles. The minimum absolute atomic E-state index is 0. The zero-order valence-corrected chi connectivity index (χ0v) is 20.3. The molecule has 7 nitrogen and oxygen atoms in total. The number of guanidine groups is 1. The number of hydrogen-bond donors (Lipinski definition) is 3. The first kappa shape index (κ1) is 26.1. The molecule has 2 aromatic rings. The highest BCUT2D eigenvalue weighted by molar-refractivity contribution is 14.0. The second-order valence-electron chi connectivity index (χ2n) is 6.48. The summed E-state index contributed by atoms with van der Waals surface area (Å²) in [6, 6.07) is 12.6. The van der Waals surface area contributed by atoms with Crippen LogP contribution in [-0.2, 0) is 10.0 Å². The smallest absolute Gasteiger partial charge is 0.240 e. The minimum atomic E-state index is -3.55. The van der Waals surface area contributed by atoms with Gasteiger partial charge in [-0.3, -0.25) is 4.99 Å². The third-order valence-corrected chi connectivity index (χ3v) is 5.43. The van der Waals surface area contributed by atoms with Gasteiger partial charge in [0.2, 0.25) is 10.0 Å². The van der Waals surface area contributed by atoms with E-state index in [1.807, 2.05) is 13.8 Å². The van der Waals surface area contributed by atoms with E-state index in [2.05, 4.69) is 20.3 Å². The summed E-state index contributed by atoms with van der Waals surface area (Å²) in [5, 5.41) is 6.11. The van der Waals surface area contributed by atoms with E-state index in [9.17, 15) is 12.8 Å². The lowest BCUT2D eigenvalue weighted by atomic mass is 10.2. The van der Waals surface area contributed by atoms with Gasteiger partial charge in [-0.05, 0) is 38.1 Å². The van der Waals surface area contributed by atoms with Crippen LogP contribution in [0.4, 0.5) is 4.39 Å². The van der Waals surface area contributed by atoms with Crippen LogP contribution < -0.4 is 20.1 Å². The summed E-state index contributed by atoms with van der Waals surface area (Å²) < 4.78 is 45.9. The molecule has 0 bridgehead atoms. The van der Waals surface area contributed by atoms with Crippen molar-refractivity contribution in [2.24, 2.45) is 4.99 Å². The molecule has 0 aromatic heterocycles. The van der Waals surface area contributed by atoms with Crippen molar-refractivity contribution in [3.63, 3.8) is 0 Å². The van der Waals surface area contributed by atoms with E-state index in [4.69, 9.17) is 4.74 Å². The van der Waals surface area contributed by atoms with Crippen molar-refractivity contribution in [2.45, 2.75) is 24.8 Å². The van der Waals surface area contributed by atoms with Gasteiger partial charge in [0, 0.05) is 26.2 Å². The number of ether oxygens (including phenoxy) is 1. The molecule has 3 N–H and O–H groups in total. The van der Waals surface area contributed by atoms with Gasteiger partial charge in [-0.1, -0.05) is 23.8 Å². The van der Waals surface area contributed by atoms with Crippen LogP contribution in [0, 0.1) is 12.7 Å². The van der Waals surface area contributed by atoms with Gasteiger partial charge in [0.05, 0.1) is 11.4 Å². The maximum atomic E-state index is 13.2. The maximum absolute atomic E-state index is 13.2. The Morgan fingerprint density at radius 2 is 1.83 bits per heavy atom. The summed E-state index contributed by atoms with van der Waals surface area (Å²) in [7, 11) is -1.93.